The lowest BCUT2D eigenvalue weighted by Gasteiger charge is -2.27. The smallest absolute Gasteiger partial charge is 0.266 e. The van der Waals surface area contributed by atoms with Crippen LogP contribution in [0.5, 0.6) is 5.75 Å². The maximum atomic E-state index is 13.4. The van der Waals surface area contributed by atoms with E-state index in [0.717, 1.165) is 60.1 Å². The predicted molar refractivity (Wildman–Crippen MR) is 153 cm³/mol. The fraction of sp³-hybridized carbons (Fsp3) is 0.345. The summed E-state index contributed by atoms with van der Waals surface area (Å²) >= 11 is 6.90. The van der Waals surface area contributed by atoms with Crippen LogP contribution in [0.3, 0.4) is 0 Å². The van der Waals surface area contributed by atoms with Crippen LogP contribution < -0.4 is 4.74 Å². The van der Waals surface area contributed by atoms with Crippen molar-refractivity contribution in [3.05, 3.63) is 70.3 Å². The molecular weight excluding hydrogens is 502 g/mol. The van der Waals surface area contributed by atoms with Crippen LogP contribution in [0.1, 0.15) is 42.9 Å². The first-order valence-electron chi connectivity index (χ1n) is 12.7. The van der Waals surface area contributed by atoms with Crippen LogP contribution in [0.15, 0.2) is 53.6 Å². The maximum absolute atomic E-state index is 13.4. The quantitative estimate of drug-likeness (QED) is 0.291. The van der Waals surface area contributed by atoms with Crippen LogP contribution in [-0.4, -0.2) is 50.7 Å². The average molecular weight is 534 g/mol. The SMILES string of the molecule is CCc1cccc2c(/C=C3\SC(=S)N(Cc4ccc(OC)cc4)C3=O)cn(CC(=O)N3CCCCC3)c12. The van der Waals surface area contributed by atoms with Crippen molar-refractivity contribution in [3.63, 3.8) is 0 Å². The molecule has 1 aromatic heterocycles. The van der Waals surface area contributed by atoms with Gasteiger partial charge in [0.25, 0.3) is 5.91 Å². The lowest BCUT2D eigenvalue weighted by molar-refractivity contribution is -0.132. The van der Waals surface area contributed by atoms with Gasteiger partial charge in [0.05, 0.1) is 24.1 Å². The van der Waals surface area contributed by atoms with Crippen LogP contribution in [-0.2, 0) is 29.1 Å². The van der Waals surface area contributed by atoms with E-state index in [4.69, 9.17) is 17.0 Å². The summed E-state index contributed by atoms with van der Waals surface area (Å²) in [6.07, 6.45) is 8.14. The topological polar surface area (TPSA) is 54.8 Å². The van der Waals surface area contributed by atoms with Crippen molar-refractivity contribution < 1.29 is 14.3 Å². The Morgan fingerprint density at radius 1 is 1.11 bits per heavy atom. The number of aryl methyl sites for hydroxylation is 1. The largest absolute Gasteiger partial charge is 0.497 e. The van der Waals surface area contributed by atoms with Crippen molar-refractivity contribution in [2.45, 2.75) is 45.7 Å². The van der Waals surface area contributed by atoms with Gasteiger partial charge >= 0.3 is 0 Å². The molecule has 0 saturated carbocycles. The summed E-state index contributed by atoms with van der Waals surface area (Å²) in [5, 5.41) is 1.05. The second kappa shape index (κ2) is 11.1. The van der Waals surface area contributed by atoms with Gasteiger partial charge in [-0.05, 0) is 55.0 Å². The highest BCUT2D eigenvalue weighted by Gasteiger charge is 2.32. The van der Waals surface area contributed by atoms with E-state index < -0.39 is 0 Å². The minimum atomic E-state index is -0.0947. The Bertz CT molecular complexity index is 1370. The van der Waals surface area contributed by atoms with E-state index >= 15 is 0 Å². The lowest BCUT2D eigenvalue weighted by atomic mass is 10.1. The standard InChI is InChI=1S/C29H31N3O3S2/c1-3-21-8-7-9-24-22(18-31(27(21)24)19-26(33)30-14-5-4-6-15-30)16-25-28(34)32(29(36)37-25)17-20-10-12-23(35-2)13-11-20/h7-13,16,18H,3-6,14-15,17,19H2,1-2H3/b25-16-. The van der Waals surface area contributed by atoms with E-state index in [1.807, 2.05) is 47.5 Å². The molecule has 6 nitrogen and oxygen atoms in total. The van der Waals surface area contributed by atoms with Gasteiger partial charge in [-0.25, -0.2) is 0 Å². The third kappa shape index (κ3) is 5.31. The number of methoxy groups -OCH3 is 1. The number of para-hydroxylation sites is 1. The van der Waals surface area contributed by atoms with Gasteiger partial charge in [-0.15, -0.1) is 0 Å². The maximum Gasteiger partial charge on any atom is 0.266 e. The van der Waals surface area contributed by atoms with Crippen LogP contribution in [0, 0.1) is 0 Å². The molecule has 2 fully saturated rings. The van der Waals surface area contributed by atoms with Gasteiger partial charge in [-0.1, -0.05) is 61.2 Å². The van der Waals surface area contributed by atoms with Crippen LogP contribution >= 0.6 is 24.0 Å². The monoisotopic (exact) mass is 533 g/mol. The van der Waals surface area contributed by atoms with Crippen molar-refractivity contribution in [2.75, 3.05) is 20.2 Å². The summed E-state index contributed by atoms with van der Waals surface area (Å²) < 4.78 is 7.84. The van der Waals surface area contributed by atoms with E-state index in [9.17, 15) is 9.59 Å². The molecule has 2 aromatic carbocycles. The summed E-state index contributed by atoms with van der Waals surface area (Å²) in [5.74, 6) is 0.832. The van der Waals surface area contributed by atoms with E-state index in [2.05, 4.69) is 23.6 Å². The molecule has 2 aliphatic heterocycles. The van der Waals surface area contributed by atoms with Crippen LogP contribution in [0.4, 0.5) is 0 Å². The van der Waals surface area contributed by atoms with Crippen LogP contribution in [0.25, 0.3) is 17.0 Å². The Morgan fingerprint density at radius 3 is 2.57 bits per heavy atom. The Balaban J connectivity index is 1.44. The number of hydrogen-bond donors (Lipinski definition) is 0. The number of nitrogens with zero attached hydrogens (tertiary/aromatic N) is 3. The molecule has 0 unspecified atom stereocenters. The van der Waals surface area contributed by atoms with Crippen LogP contribution in [0.2, 0.25) is 0 Å². The molecule has 2 amide bonds. The van der Waals surface area contributed by atoms with E-state index in [-0.39, 0.29) is 11.8 Å². The molecule has 0 spiro atoms. The molecule has 3 aromatic rings. The van der Waals surface area contributed by atoms with Gasteiger partial charge in [0, 0.05) is 30.2 Å². The number of hydrogen-bond acceptors (Lipinski definition) is 5. The molecule has 0 aliphatic carbocycles. The zero-order valence-corrected chi connectivity index (χ0v) is 22.9. The highest BCUT2D eigenvalue weighted by atomic mass is 32.2. The summed E-state index contributed by atoms with van der Waals surface area (Å²) in [6.45, 7) is 4.52. The number of thiocarbonyl (C=S) groups is 1. The molecule has 0 bridgehead atoms. The summed E-state index contributed by atoms with van der Waals surface area (Å²) in [7, 11) is 1.63. The lowest BCUT2D eigenvalue weighted by Crippen LogP contribution is -2.37. The molecule has 5 rings (SSSR count). The first kappa shape index (κ1) is 25.5. The normalized spacial score (nSPS) is 17.3. The summed E-state index contributed by atoms with van der Waals surface area (Å²) in [6, 6.07) is 13.9. The first-order chi connectivity index (χ1) is 18.0. The van der Waals surface area contributed by atoms with Gasteiger partial charge in [0.15, 0.2) is 0 Å². The van der Waals surface area contributed by atoms with Gasteiger partial charge < -0.3 is 14.2 Å². The predicted octanol–water partition coefficient (Wildman–Crippen LogP) is 5.63. The van der Waals surface area contributed by atoms with Gasteiger partial charge in [-0.2, -0.15) is 0 Å². The second-order valence-corrected chi connectivity index (χ2v) is 11.1. The number of amides is 2. The second-order valence-electron chi connectivity index (χ2n) is 9.44. The number of ether oxygens (including phenoxy) is 1. The highest BCUT2D eigenvalue weighted by molar-refractivity contribution is 8.26. The number of fused-ring (bicyclic) bond motifs is 1. The molecule has 0 N–H and O–H groups in total. The average Bonchev–Trinajstić information content (AvgIpc) is 3.41. The Labute approximate surface area is 227 Å². The molecule has 2 aliphatic rings. The van der Waals surface area contributed by atoms with Crippen molar-refractivity contribution in [2.24, 2.45) is 0 Å². The number of carbonyl (C=O) groups is 2. The number of thioether (sulfide) groups is 1. The number of rotatable bonds is 7. The molecular formula is C29H31N3O3S2. The van der Waals surface area contributed by atoms with Gasteiger partial charge in [0.2, 0.25) is 5.91 Å². The Morgan fingerprint density at radius 2 is 1.86 bits per heavy atom. The Hall–Kier alpha value is -3.10. The zero-order chi connectivity index (χ0) is 25.9. The molecule has 0 atom stereocenters. The number of carbonyl (C=O) groups excluding carboxylic acids is 2. The third-order valence-electron chi connectivity index (χ3n) is 7.07. The van der Waals surface area contributed by atoms with E-state index in [1.165, 1.54) is 23.7 Å². The number of aromatic nitrogens is 1. The number of benzene rings is 2. The fourth-order valence-electron chi connectivity index (χ4n) is 5.07. The van der Waals surface area contributed by atoms with Crippen molar-refractivity contribution in [3.8, 4) is 5.75 Å². The molecule has 0 radical (unpaired) electrons. The molecule has 3 heterocycles. The minimum absolute atomic E-state index is 0.0947. The minimum Gasteiger partial charge on any atom is -0.497 e. The summed E-state index contributed by atoms with van der Waals surface area (Å²) in [5.41, 5.74) is 4.17. The number of likely N-dealkylation sites (tertiary alicyclic amines) is 1. The van der Waals surface area contributed by atoms with Gasteiger partial charge in [-0.3, -0.25) is 14.5 Å². The summed E-state index contributed by atoms with van der Waals surface area (Å²) in [4.78, 5) is 30.7. The van der Waals surface area contributed by atoms with Crippen molar-refractivity contribution >= 4 is 57.1 Å². The number of piperidine rings is 1. The van der Waals surface area contributed by atoms with Gasteiger partial charge in [0.1, 0.15) is 16.6 Å². The Kier molecular flexibility index (Phi) is 7.67. The zero-order valence-electron chi connectivity index (χ0n) is 21.2. The van der Waals surface area contributed by atoms with Crippen molar-refractivity contribution in [1.82, 2.24) is 14.4 Å². The molecule has 8 heteroatoms. The molecule has 37 heavy (non-hydrogen) atoms. The van der Waals surface area contributed by atoms with E-state index in [0.29, 0.717) is 22.3 Å². The van der Waals surface area contributed by atoms with E-state index in [1.54, 1.807) is 12.0 Å². The first-order valence-corrected chi connectivity index (χ1v) is 14.0. The fourth-order valence-corrected chi connectivity index (χ4v) is 6.32. The van der Waals surface area contributed by atoms with Crippen molar-refractivity contribution in [1.29, 1.82) is 0 Å². The highest BCUT2D eigenvalue weighted by Crippen LogP contribution is 2.36. The molecule has 2 saturated heterocycles. The third-order valence-corrected chi connectivity index (χ3v) is 8.45. The molecule has 192 valence electrons.